The molecule has 19 heavy (non-hydrogen) atoms. The molecule has 0 radical (unpaired) electrons. The number of hydrogen-bond donors (Lipinski definition) is 2. The fourth-order valence-electron chi connectivity index (χ4n) is 2.09. The number of thiophene rings is 1. The topological polar surface area (TPSA) is 61.4 Å². The van der Waals surface area contributed by atoms with Crippen LogP contribution >= 0.6 is 11.3 Å². The van der Waals surface area contributed by atoms with E-state index >= 15 is 0 Å². The number of piperazine rings is 1. The van der Waals surface area contributed by atoms with Crippen molar-refractivity contribution in [1.29, 1.82) is 0 Å². The third-order valence-corrected chi connectivity index (χ3v) is 3.96. The van der Waals surface area contributed by atoms with Gasteiger partial charge >= 0.3 is 0 Å². The molecule has 2 heterocycles. The molecule has 1 aromatic rings. The minimum Gasteiger partial charge on any atom is -0.351 e. The Kier molecular flexibility index (Phi) is 4.93. The molecule has 1 atom stereocenters. The smallest absolute Gasteiger partial charge is 0.261 e. The van der Waals surface area contributed by atoms with Crippen LogP contribution in [0.5, 0.6) is 0 Å². The number of carbonyl (C=O) groups excluding carboxylic acids is 2. The molecule has 1 aromatic heterocycles. The highest BCUT2D eigenvalue weighted by Gasteiger charge is 2.20. The Hall–Kier alpha value is -1.40. The monoisotopic (exact) mass is 281 g/mol. The Balaban J connectivity index is 1.70. The maximum Gasteiger partial charge on any atom is 0.261 e. The van der Waals surface area contributed by atoms with E-state index in [-0.39, 0.29) is 11.8 Å². The standard InChI is InChI=1S/C13H19N3O2S/c1-10-9-16(7-6-14-10)12(17)4-5-15-13(18)11-3-2-8-19-11/h2-3,8,10,14H,4-7,9H2,1H3,(H,15,18). The lowest BCUT2D eigenvalue weighted by atomic mass is 10.2. The van der Waals surface area contributed by atoms with Crippen molar-refractivity contribution in [3.63, 3.8) is 0 Å². The van der Waals surface area contributed by atoms with Gasteiger partial charge in [-0.2, -0.15) is 0 Å². The number of amides is 2. The molecule has 2 N–H and O–H groups in total. The first-order chi connectivity index (χ1) is 9.16. The molecule has 6 heteroatoms. The fourth-order valence-corrected chi connectivity index (χ4v) is 2.73. The first-order valence-corrected chi connectivity index (χ1v) is 7.37. The highest BCUT2D eigenvalue weighted by molar-refractivity contribution is 7.12. The quantitative estimate of drug-likeness (QED) is 0.853. The van der Waals surface area contributed by atoms with E-state index in [2.05, 4.69) is 17.6 Å². The zero-order valence-electron chi connectivity index (χ0n) is 11.0. The highest BCUT2D eigenvalue weighted by Crippen LogP contribution is 2.07. The van der Waals surface area contributed by atoms with Gasteiger partial charge in [0, 0.05) is 38.6 Å². The second kappa shape index (κ2) is 6.68. The van der Waals surface area contributed by atoms with Crippen LogP contribution in [0.3, 0.4) is 0 Å². The van der Waals surface area contributed by atoms with E-state index in [1.54, 1.807) is 6.07 Å². The van der Waals surface area contributed by atoms with Crippen LogP contribution in [-0.2, 0) is 4.79 Å². The van der Waals surface area contributed by atoms with Crippen LogP contribution in [0.4, 0.5) is 0 Å². The number of hydrogen-bond acceptors (Lipinski definition) is 4. The maximum atomic E-state index is 12.0. The molecule has 0 aromatic carbocycles. The largest absolute Gasteiger partial charge is 0.351 e. The molecule has 0 saturated carbocycles. The summed E-state index contributed by atoms with van der Waals surface area (Å²) in [5.41, 5.74) is 0. The van der Waals surface area contributed by atoms with Gasteiger partial charge in [0.1, 0.15) is 0 Å². The second-order valence-corrected chi connectivity index (χ2v) is 5.63. The summed E-state index contributed by atoms with van der Waals surface area (Å²) in [6.45, 7) is 4.81. The van der Waals surface area contributed by atoms with Gasteiger partial charge in [0.15, 0.2) is 0 Å². The van der Waals surface area contributed by atoms with Gasteiger partial charge in [-0.3, -0.25) is 9.59 Å². The molecule has 104 valence electrons. The van der Waals surface area contributed by atoms with Crippen LogP contribution in [0.1, 0.15) is 23.0 Å². The minimum absolute atomic E-state index is 0.100. The van der Waals surface area contributed by atoms with Gasteiger partial charge in [-0.25, -0.2) is 0 Å². The summed E-state index contributed by atoms with van der Waals surface area (Å²) in [5.74, 6) is 0.0105. The molecular formula is C13H19N3O2S. The third kappa shape index (κ3) is 4.04. The van der Waals surface area contributed by atoms with E-state index in [4.69, 9.17) is 0 Å². The molecule has 1 aliphatic rings. The van der Waals surface area contributed by atoms with Gasteiger partial charge in [-0.15, -0.1) is 11.3 Å². The summed E-state index contributed by atoms with van der Waals surface area (Å²) in [6.07, 6.45) is 0.365. The predicted molar refractivity (Wildman–Crippen MR) is 75.3 cm³/mol. The van der Waals surface area contributed by atoms with Gasteiger partial charge in [-0.1, -0.05) is 6.07 Å². The van der Waals surface area contributed by atoms with Crippen molar-refractivity contribution in [1.82, 2.24) is 15.5 Å². The lowest BCUT2D eigenvalue weighted by Gasteiger charge is -2.32. The molecule has 5 nitrogen and oxygen atoms in total. The van der Waals surface area contributed by atoms with Gasteiger partial charge in [0.05, 0.1) is 4.88 Å². The third-order valence-electron chi connectivity index (χ3n) is 3.09. The van der Waals surface area contributed by atoms with Gasteiger partial charge in [0.2, 0.25) is 5.91 Å². The summed E-state index contributed by atoms with van der Waals surface area (Å²) in [7, 11) is 0. The Morgan fingerprint density at radius 3 is 3.11 bits per heavy atom. The Morgan fingerprint density at radius 2 is 2.42 bits per heavy atom. The molecule has 0 aliphatic carbocycles. The molecular weight excluding hydrogens is 262 g/mol. The molecule has 2 rings (SSSR count). The average molecular weight is 281 g/mol. The Morgan fingerprint density at radius 1 is 1.58 bits per heavy atom. The Labute approximate surface area is 117 Å². The lowest BCUT2D eigenvalue weighted by Crippen LogP contribution is -2.51. The van der Waals surface area contributed by atoms with Crippen LogP contribution < -0.4 is 10.6 Å². The lowest BCUT2D eigenvalue weighted by molar-refractivity contribution is -0.132. The van der Waals surface area contributed by atoms with Crippen LogP contribution in [0, 0.1) is 0 Å². The normalized spacial score (nSPS) is 19.2. The molecule has 0 spiro atoms. The number of nitrogens with zero attached hydrogens (tertiary/aromatic N) is 1. The van der Waals surface area contributed by atoms with Crippen molar-refractivity contribution in [3.05, 3.63) is 22.4 Å². The van der Waals surface area contributed by atoms with Gasteiger partial charge < -0.3 is 15.5 Å². The number of nitrogens with one attached hydrogen (secondary N) is 2. The zero-order valence-corrected chi connectivity index (χ0v) is 11.8. The molecule has 1 fully saturated rings. The summed E-state index contributed by atoms with van der Waals surface area (Å²) >= 11 is 1.40. The van der Waals surface area contributed by atoms with Gasteiger partial charge in [-0.05, 0) is 18.4 Å². The van der Waals surface area contributed by atoms with Crippen LogP contribution in [0.2, 0.25) is 0 Å². The second-order valence-electron chi connectivity index (χ2n) is 4.68. The van der Waals surface area contributed by atoms with Crippen LogP contribution in [-0.4, -0.2) is 48.9 Å². The van der Waals surface area contributed by atoms with E-state index in [0.29, 0.717) is 23.9 Å². The van der Waals surface area contributed by atoms with Gasteiger partial charge in [0.25, 0.3) is 5.91 Å². The molecule has 1 aliphatic heterocycles. The van der Waals surface area contributed by atoms with E-state index in [1.165, 1.54) is 11.3 Å². The summed E-state index contributed by atoms with van der Waals surface area (Å²) in [4.78, 5) is 26.2. The SMILES string of the molecule is CC1CN(C(=O)CCNC(=O)c2cccs2)CCN1. The van der Waals surface area contributed by atoms with Crippen molar-refractivity contribution in [2.75, 3.05) is 26.2 Å². The number of carbonyl (C=O) groups is 2. The predicted octanol–water partition coefficient (Wildman–Crippen LogP) is 0.688. The van der Waals surface area contributed by atoms with E-state index < -0.39 is 0 Å². The Bertz CT molecular complexity index is 433. The van der Waals surface area contributed by atoms with E-state index in [9.17, 15) is 9.59 Å². The summed E-state index contributed by atoms with van der Waals surface area (Å²) in [6, 6.07) is 3.96. The van der Waals surface area contributed by atoms with Crippen LogP contribution in [0.25, 0.3) is 0 Å². The fraction of sp³-hybridized carbons (Fsp3) is 0.538. The van der Waals surface area contributed by atoms with Crippen molar-refractivity contribution >= 4 is 23.2 Å². The minimum atomic E-state index is -0.100. The highest BCUT2D eigenvalue weighted by atomic mass is 32.1. The summed E-state index contributed by atoms with van der Waals surface area (Å²) in [5, 5.41) is 7.94. The zero-order chi connectivity index (χ0) is 13.7. The molecule has 1 saturated heterocycles. The van der Waals surface area contributed by atoms with E-state index in [1.807, 2.05) is 16.3 Å². The molecule has 1 unspecified atom stereocenters. The van der Waals surface area contributed by atoms with Crippen LogP contribution in [0.15, 0.2) is 17.5 Å². The van der Waals surface area contributed by atoms with Crippen molar-refractivity contribution in [2.24, 2.45) is 0 Å². The first-order valence-electron chi connectivity index (χ1n) is 6.49. The summed E-state index contributed by atoms with van der Waals surface area (Å²) < 4.78 is 0. The number of rotatable bonds is 4. The molecule has 2 amide bonds. The maximum absolute atomic E-state index is 12.0. The first kappa shape index (κ1) is 14.0. The molecule has 0 bridgehead atoms. The van der Waals surface area contributed by atoms with E-state index in [0.717, 1.165) is 19.6 Å². The average Bonchev–Trinajstić information content (AvgIpc) is 2.92. The van der Waals surface area contributed by atoms with Crippen molar-refractivity contribution in [3.8, 4) is 0 Å². The van der Waals surface area contributed by atoms with Crippen molar-refractivity contribution < 1.29 is 9.59 Å². The van der Waals surface area contributed by atoms with Crippen molar-refractivity contribution in [2.45, 2.75) is 19.4 Å².